The summed E-state index contributed by atoms with van der Waals surface area (Å²) in [7, 11) is 0. The number of hydrogen-bond acceptors (Lipinski definition) is 5. The summed E-state index contributed by atoms with van der Waals surface area (Å²) in [4.78, 5) is 20.2. The first-order valence-electron chi connectivity index (χ1n) is 7.02. The predicted molar refractivity (Wildman–Crippen MR) is 83.7 cm³/mol. The molecule has 0 bridgehead atoms. The average molecular weight is 295 g/mol. The van der Waals surface area contributed by atoms with Crippen molar-refractivity contribution in [3.8, 4) is 6.07 Å². The lowest BCUT2D eigenvalue weighted by atomic mass is 10.2. The van der Waals surface area contributed by atoms with Crippen LogP contribution < -0.4 is 10.6 Å². The highest BCUT2D eigenvalue weighted by Crippen LogP contribution is 2.15. The summed E-state index contributed by atoms with van der Waals surface area (Å²) in [6.45, 7) is 3.93. The molecular formula is C16H17N5O. The Labute approximate surface area is 129 Å². The molecule has 1 amide bonds. The van der Waals surface area contributed by atoms with E-state index < -0.39 is 0 Å². The van der Waals surface area contributed by atoms with Crippen molar-refractivity contribution in [3.63, 3.8) is 0 Å². The molecule has 1 atom stereocenters. The van der Waals surface area contributed by atoms with Gasteiger partial charge in [0.1, 0.15) is 11.5 Å². The smallest absolute Gasteiger partial charge is 0.271 e. The van der Waals surface area contributed by atoms with E-state index in [9.17, 15) is 4.79 Å². The van der Waals surface area contributed by atoms with E-state index in [-0.39, 0.29) is 17.6 Å². The van der Waals surface area contributed by atoms with Crippen molar-refractivity contribution in [1.29, 1.82) is 5.26 Å². The Bertz CT molecular complexity index is 690. The second-order valence-electron chi connectivity index (χ2n) is 4.89. The first kappa shape index (κ1) is 15.4. The van der Waals surface area contributed by atoms with Gasteiger partial charge in [0.25, 0.3) is 5.91 Å². The highest BCUT2D eigenvalue weighted by Gasteiger charge is 2.10. The molecule has 2 N–H and O–H groups in total. The number of nitrogens with zero attached hydrogens (tertiary/aromatic N) is 3. The highest BCUT2D eigenvalue weighted by molar-refractivity contribution is 5.92. The summed E-state index contributed by atoms with van der Waals surface area (Å²) in [6, 6.07) is 9.21. The molecule has 0 aliphatic heterocycles. The topological polar surface area (TPSA) is 90.7 Å². The van der Waals surface area contributed by atoms with Crippen LogP contribution >= 0.6 is 0 Å². The molecule has 2 rings (SSSR count). The lowest BCUT2D eigenvalue weighted by molar-refractivity contribution is 0.0934. The third-order valence-corrected chi connectivity index (χ3v) is 3.14. The van der Waals surface area contributed by atoms with Crippen LogP contribution in [0.5, 0.6) is 0 Å². The molecule has 1 aromatic carbocycles. The molecule has 6 heteroatoms. The van der Waals surface area contributed by atoms with Gasteiger partial charge in [-0.3, -0.25) is 4.79 Å². The van der Waals surface area contributed by atoms with Crippen molar-refractivity contribution >= 4 is 17.4 Å². The van der Waals surface area contributed by atoms with Gasteiger partial charge in [0, 0.05) is 11.7 Å². The largest absolute Gasteiger partial charge is 0.348 e. The fraction of sp³-hybridized carbons (Fsp3) is 0.250. The average Bonchev–Trinajstić information content (AvgIpc) is 2.55. The third kappa shape index (κ3) is 4.03. The fourth-order valence-electron chi connectivity index (χ4n) is 1.72. The zero-order valence-electron chi connectivity index (χ0n) is 12.5. The van der Waals surface area contributed by atoms with Gasteiger partial charge in [-0.15, -0.1) is 0 Å². The maximum Gasteiger partial charge on any atom is 0.271 e. The number of carbonyl (C=O) groups is 1. The fourth-order valence-corrected chi connectivity index (χ4v) is 1.72. The molecule has 0 fully saturated rings. The number of carbonyl (C=O) groups excluding carboxylic acids is 1. The first-order chi connectivity index (χ1) is 10.6. The quantitative estimate of drug-likeness (QED) is 0.884. The van der Waals surface area contributed by atoms with Crippen molar-refractivity contribution in [3.05, 3.63) is 47.9 Å². The molecule has 0 spiro atoms. The molecule has 0 aliphatic carbocycles. The van der Waals surface area contributed by atoms with Crippen LogP contribution in [0.2, 0.25) is 0 Å². The van der Waals surface area contributed by atoms with Crippen LogP contribution in [0.4, 0.5) is 11.5 Å². The van der Waals surface area contributed by atoms with Gasteiger partial charge in [-0.1, -0.05) is 13.0 Å². The number of nitrogens with one attached hydrogen (secondary N) is 2. The predicted octanol–water partition coefficient (Wildman–Crippen LogP) is 2.62. The van der Waals surface area contributed by atoms with Gasteiger partial charge in [-0.05, 0) is 31.5 Å². The summed E-state index contributed by atoms with van der Waals surface area (Å²) in [5.41, 5.74) is 1.57. The maximum atomic E-state index is 11.9. The Kier molecular flexibility index (Phi) is 5.04. The van der Waals surface area contributed by atoms with Crippen LogP contribution in [-0.2, 0) is 0 Å². The van der Waals surface area contributed by atoms with Gasteiger partial charge in [0.2, 0.25) is 0 Å². The van der Waals surface area contributed by atoms with Crippen molar-refractivity contribution in [2.75, 3.05) is 5.32 Å². The molecular weight excluding hydrogens is 278 g/mol. The summed E-state index contributed by atoms with van der Waals surface area (Å²) in [5, 5.41) is 14.7. The van der Waals surface area contributed by atoms with E-state index in [1.54, 1.807) is 18.2 Å². The van der Waals surface area contributed by atoms with Gasteiger partial charge in [0.05, 0.1) is 24.0 Å². The van der Waals surface area contributed by atoms with Gasteiger partial charge >= 0.3 is 0 Å². The third-order valence-electron chi connectivity index (χ3n) is 3.14. The van der Waals surface area contributed by atoms with E-state index in [1.165, 1.54) is 12.4 Å². The van der Waals surface area contributed by atoms with Crippen LogP contribution in [0, 0.1) is 11.3 Å². The van der Waals surface area contributed by atoms with Crippen LogP contribution in [0.1, 0.15) is 36.3 Å². The molecule has 22 heavy (non-hydrogen) atoms. The maximum absolute atomic E-state index is 11.9. The van der Waals surface area contributed by atoms with Gasteiger partial charge in [-0.2, -0.15) is 5.26 Å². The molecule has 1 unspecified atom stereocenters. The van der Waals surface area contributed by atoms with E-state index in [2.05, 4.69) is 26.7 Å². The molecule has 0 saturated heterocycles. The second-order valence-corrected chi connectivity index (χ2v) is 4.89. The normalized spacial score (nSPS) is 11.3. The Hall–Kier alpha value is -2.94. The van der Waals surface area contributed by atoms with Gasteiger partial charge in [-0.25, -0.2) is 9.97 Å². The van der Waals surface area contributed by atoms with Crippen LogP contribution in [-0.4, -0.2) is 21.9 Å². The lowest BCUT2D eigenvalue weighted by Gasteiger charge is -2.11. The Morgan fingerprint density at radius 1 is 1.36 bits per heavy atom. The molecule has 0 saturated carbocycles. The van der Waals surface area contributed by atoms with Crippen molar-refractivity contribution in [2.24, 2.45) is 0 Å². The van der Waals surface area contributed by atoms with Gasteiger partial charge in [0.15, 0.2) is 0 Å². The first-order valence-corrected chi connectivity index (χ1v) is 7.02. The standard InChI is InChI=1S/C16H17N5O/c1-3-11(2)20-16(22)14-9-19-15(10-18-14)21-13-6-4-5-12(7-13)8-17/h4-7,9-11H,3H2,1-2H3,(H,19,21)(H,20,22). The van der Waals surface area contributed by atoms with E-state index in [1.807, 2.05) is 19.9 Å². The van der Waals surface area contributed by atoms with E-state index in [0.29, 0.717) is 11.4 Å². The molecule has 0 radical (unpaired) electrons. The Balaban J connectivity index is 2.05. The number of aromatic nitrogens is 2. The molecule has 1 aromatic heterocycles. The number of benzene rings is 1. The number of amides is 1. The molecule has 6 nitrogen and oxygen atoms in total. The monoisotopic (exact) mass is 295 g/mol. The number of hydrogen-bond donors (Lipinski definition) is 2. The number of rotatable bonds is 5. The van der Waals surface area contributed by atoms with E-state index in [4.69, 9.17) is 5.26 Å². The van der Waals surface area contributed by atoms with Crippen molar-refractivity contribution < 1.29 is 4.79 Å². The minimum Gasteiger partial charge on any atom is -0.348 e. The molecule has 0 aliphatic rings. The minimum absolute atomic E-state index is 0.0980. The highest BCUT2D eigenvalue weighted by atomic mass is 16.1. The number of anilines is 2. The van der Waals surface area contributed by atoms with Crippen molar-refractivity contribution in [1.82, 2.24) is 15.3 Å². The zero-order chi connectivity index (χ0) is 15.9. The van der Waals surface area contributed by atoms with E-state index >= 15 is 0 Å². The minimum atomic E-state index is -0.236. The van der Waals surface area contributed by atoms with Gasteiger partial charge < -0.3 is 10.6 Å². The zero-order valence-corrected chi connectivity index (χ0v) is 12.5. The van der Waals surface area contributed by atoms with Crippen LogP contribution in [0.15, 0.2) is 36.7 Å². The molecule has 2 aromatic rings. The molecule has 112 valence electrons. The second kappa shape index (κ2) is 7.18. The SMILES string of the molecule is CCC(C)NC(=O)c1cnc(Nc2cccc(C#N)c2)cn1. The summed E-state index contributed by atoms with van der Waals surface area (Å²) >= 11 is 0. The Morgan fingerprint density at radius 2 is 2.18 bits per heavy atom. The summed E-state index contributed by atoms with van der Waals surface area (Å²) < 4.78 is 0. The van der Waals surface area contributed by atoms with Crippen LogP contribution in [0.25, 0.3) is 0 Å². The van der Waals surface area contributed by atoms with Crippen molar-refractivity contribution in [2.45, 2.75) is 26.3 Å². The van der Waals surface area contributed by atoms with Crippen LogP contribution in [0.3, 0.4) is 0 Å². The van der Waals surface area contributed by atoms with E-state index in [0.717, 1.165) is 12.1 Å². The summed E-state index contributed by atoms with van der Waals surface area (Å²) in [6.07, 6.45) is 3.77. The lowest BCUT2D eigenvalue weighted by Crippen LogP contribution is -2.32. The number of nitriles is 1. The summed E-state index contributed by atoms with van der Waals surface area (Å²) in [5.74, 6) is 0.273. The molecule has 1 heterocycles. The Morgan fingerprint density at radius 3 is 2.82 bits per heavy atom.